The second-order valence-electron chi connectivity index (χ2n) is 8.64. The van der Waals surface area contributed by atoms with E-state index >= 15 is 0 Å². The third-order valence-corrected chi connectivity index (χ3v) is 5.32. The summed E-state index contributed by atoms with van der Waals surface area (Å²) in [7, 11) is 0. The Hall–Kier alpha value is -2.15. The molecule has 7 heteroatoms. The van der Waals surface area contributed by atoms with Crippen molar-refractivity contribution in [1.82, 2.24) is 0 Å². The summed E-state index contributed by atoms with van der Waals surface area (Å²) < 4.78 is 10.2. The molecule has 0 bridgehead atoms. The number of rotatable bonds is 23. The van der Waals surface area contributed by atoms with E-state index in [2.05, 4.69) is 31.2 Å². The molecular formula is C27H46O7. The molecule has 0 saturated heterocycles. The minimum atomic E-state index is -0.961. The van der Waals surface area contributed by atoms with E-state index in [1.54, 1.807) is 0 Å². The quantitative estimate of drug-likeness (QED) is 0.108. The second kappa shape index (κ2) is 24.0. The molecule has 0 aliphatic carbocycles. The van der Waals surface area contributed by atoms with Crippen LogP contribution in [0.3, 0.4) is 0 Å². The highest BCUT2D eigenvalue weighted by Gasteiger charge is 2.14. The molecule has 2 N–H and O–H groups in total. The average Bonchev–Trinajstić information content (AvgIpc) is 2.81. The summed E-state index contributed by atoms with van der Waals surface area (Å²) in [5, 5.41) is 17.9. The van der Waals surface area contributed by atoms with Gasteiger partial charge in [0.1, 0.15) is 0 Å². The number of unbranched alkanes of at least 4 members (excludes halogenated alkanes) is 8. The number of carbonyl (C=O) groups is 3. The van der Waals surface area contributed by atoms with Crippen molar-refractivity contribution < 1.29 is 34.1 Å². The van der Waals surface area contributed by atoms with Gasteiger partial charge in [-0.1, -0.05) is 63.3 Å². The summed E-state index contributed by atoms with van der Waals surface area (Å²) in [6.07, 6.45) is 21.8. The van der Waals surface area contributed by atoms with Gasteiger partial charge in [-0.15, -0.1) is 0 Å². The predicted octanol–water partition coefficient (Wildman–Crippen LogP) is 5.75. The number of carbonyl (C=O) groups excluding carboxylic acids is 2. The number of carboxylic acids is 1. The van der Waals surface area contributed by atoms with Crippen LogP contribution in [0.2, 0.25) is 0 Å². The van der Waals surface area contributed by atoms with Gasteiger partial charge in [0.25, 0.3) is 0 Å². The number of allylic oxidation sites excluding steroid dienone is 4. The molecule has 34 heavy (non-hydrogen) atoms. The Morgan fingerprint density at radius 3 is 1.79 bits per heavy atom. The Labute approximate surface area is 205 Å². The fourth-order valence-electron chi connectivity index (χ4n) is 3.18. The van der Waals surface area contributed by atoms with Crippen molar-refractivity contribution in [3.8, 4) is 0 Å². The Morgan fingerprint density at radius 2 is 1.24 bits per heavy atom. The van der Waals surface area contributed by atoms with E-state index in [-0.39, 0.29) is 45.1 Å². The fraction of sp³-hybridized carbons (Fsp3) is 0.741. The number of aliphatic hydroxyl groups is 1. The summed E-state index contributed by atoms with van der Waals surface area (Å²) in [4.78, 5) is 33.8. The molecule has 0 aromatic heterocycles. The highest BCUT2D eigenvalue weighted by molar-refractivity contribution is 5.71. The van der Waals surface area contributed by atoms with E-state index in [4.69, 9.17) is 14.6 Å². The molecule has 0 aliphatic rings. The first-order valence-corrected chi connectivity index (χ1v) is 12.9. The first kappa shape index (κ1) is 31.9. The molecule has 7 nitrogen and oxygen atoms in total. The summed E-state index contributed by atoms with van der Waals surface area (Å²) in [6, 6.07) is 0. The normalized spacial score (nSPS) is 12.3. The van der Waals surface area contributed by atoms with Crippen LogP contribution >= 0.6 is 0 Å². The van der Waals surface area contributed by atoms with Crippen LogP contribution < -0.4 is 0 Å². The molecule has 196 valence electrons. The lowest BCUT2D eigenvalue weighted by molar-refractivity contribution is -0.149. The highest BCUT2D eigenvalue weighted by atomic mass is 16.5. The van der Waals surface area contributed by atoms with Crippen LogP contribution in [-0.4, -0.2) is 47.9 Å². The van der Waals surface area contributed by atoms with Crippen molar-refractivity contribution in [3.63, 3.8) is 0 Å². The maximum absolute atomic E-state index is 11.9. The SMILES string of the molecule is CCCCC/C=C\C/C=C\CCCCCCCC(=O)OCC(CO)COC(=O)CCCC(=O)O. The molecule has 0 aromatic rings. The van der Waals surface area contributed by atoms with Gasteiger partial charge in [0.2, 0.25) is 0 Å². The molecule has 0 aromatic carbocycles. The molecule has 0 saturated carbocycles. The van der Waals surface area contributed by atoms with Gasteiger partial charge in [0, 0.05) is 19.3 Å². The van der Waals surface area contributed by atoms with Crippen LogP contribution in [0.5, 0.6) is 0 Å². The topological polar surface area (TPSA) is 110 Å². The van der Waals surface area contributed by atoms with E-state index in [0.717, 1.165) is 44.9 Å². The zero-order valence-corrected chi connectivity index (χ0v) is 21.1. The number of carboxylic acid groups (broad SMARTS) is 1. The number of aliphatic carboxylic acids is 1. The summed E-state index contributed by atoms with van der Waals surface area (Å²) >= 11 is 0. The Bertz CT molecular complexity index is 584. The van der Waals surface area contributed by atoms with Crippen molar-refractivity contribution in [2.45, 2.75) is 103 Å². The lowest BCUT2D eigenvalue weighted by Crippen LogP contribution is -2.23. The average molecular weight is 483 g/mol. The summed E-state index contributed by atoms with van der Waals surface area (Å²) in [5.41, 5.74) is 0. The summed E-state index contributed by atoms with van der Waals surface area (Å²) in [5.74, 6) is -2.26. The van der Waals surface area contributed by atoms with Crippen LogP contribution in [0.4, 0.5) is 0 Å². The van der Waals surface area contributed by atoms with Crippen LogP contribution in [0.1, 0.15) is 103 Å². The predicted molar refractivity (Wildman–Crippen MR) is 133 cm³/mol. The van der Waals surface area contributed by atoms with E-state index < -0.39 is 17.9 Å². The molecule has 0 radical (unpaired) electrons. The van der Waals surface area contributed by atoms with Gasteiger partial charge in [0.15, 0.2) is 0 Å². The Balaban J connectivity index is 3.62. The molecule has 0 heterocycles. The smallest absolute Gasteiger partial charge is 0.305 e. The molecule has 0 spiro atoms. The second-order valence-corrected chi connectivity index (χ2v) is 8.64. The van der Waals surface area contributed by atoms with E-state index in [9.17, 15) is 19.5 Å². The zero-order chi connectivity index (χ0) is 25.3. The molecular weight excluding hydrogens is 436 g/mol. The van der Waals surface area contributed by atoms with Gasteiger partial charge in [-0.2, -0.15) is 0 Å². The summed E-state index contributed by atoms with van der Waals surface area (Å²) in [6.45, 7) is 1.90. The van der Waals surface area contributed by atoms with Crippen LogP contribution in [-0.2, 0) is 23.9 Å². The van der Waals surface area contributed by atoms with Gasteiger partial charge in [-0.3, -0.25) is 14.4 Å². The number of esters is 2. The van der Waals surface area contributed by atoms with E-state index in [1.165, 1.54) is 25.7 Å². The fourth-order valence-corrected chi connectivity index (χ4v) is 3.18. The Morgan fingerprint density at radius 1 is 0.706 bits per heavy atom. The van der Waals surface area contributed by atoms with Gasteiger partial charge in [-0.25, -0.2) is 0 Å². The zero-order valence-electron chi connectivity index (χ0n) is 21.1. The van der Waals surface area contributed by atoms with Crippen molar-refractivity contribution in [2.75, 3.05) is 19.8 Å². The Kier molecular flexibility index (Phi) is 22.5. The van der Waals surface area contributed by atoms with Crippen molar-refractivity contribution in [1.29, 1.82) is 0 Å². The monoisotopic (exact) mass is 482 g/mol. The van der Waals surface area contributed by atoms with Crippen molar-refractivity contribution >= 4 is 17.9 Å². The van der Waals surface area contributed by atoms with E-state index in [0.29, 0.717) is 6.42 Å². The third-order valence-electron chi connectivity index (χ3n) is 5.32. The lowest BCUT2D eigenvalue weighted by Gasteiger charge is -2.14. The third kappa shape index (κ3) is 23.0. The molecule has 0 fully saturated rings. The van der Waals surface area contributed by atoms with E-state index in [1.807, 2.05) is 0 Å². The minimum absolute atomic E-state index is 0.00198. The first-order chi connectivity index (χ1) is 16.5. The molecule has 0 aliphatic heterocycles. The lowest BCUT2D eigenvalue weighted by atomic mass is 10.1. The number of ether oxygens (including phenoxy) is 2. The standard InChI is InChI=1S/C27H46O7/c1-2-3-4-5-6-7-8-9-10-11-12-13-14-15-16-19-26(31)33-22-24(21-28)23-34-27(32)20-17-18-25(29)30/h6-7,9-10,24,28H,2-5,8,11-23H2,1H3,(H,29,30)/b7-6-,10-9-. The van der Waals surface area contributed by atoms with Crippen LogP contribution in [0, 0.1) is 5.92 Å². The molecule has 0 rings (SSSR count). The van der Waals surface area contributed by atoms with Crippen molar-refractivity contribution in [3.05, 3.63) is 24.3 Å². The molecule has 1 unspecified atom stereocenters. The van der Waals surface area contributed by atoms with Gasteiger partial charge in [0.05, 0.1) is 25.7 Å². The maximum atomic E-state index is 11.9. The minimum Gasteiger partial charge on any atom is -0.481 e. The van der Waals surface area contributed by atoms with Gasteiger partial charge < -0.3 is 19.7 Å². The highest BCUT2D eigenvalue weighted by Crippen LogP contribution is 2.09. The first-order valence-electron chi connectivity index (χ1n) is 12.9. The number of hydrogen-bond donors (Lipinski definition) is 2. The van der Waals surface area contributed by atoms with Gasteiger partial charge >= 0.3 is 17.9 Å². The number of aliphatic hydroxyl groups excluding tert-OH is 1. The molecule has 1 atom stereocenters. The number of hydrogen-bond acceptors (Lipinski definition) is 6. The van der Waals surface area contributed by atoms with Crippen LogP contribution in [0.15, 0.2) is 24.3 Å². The van der Waals surface area contributed by atoms with Gasteiger partial charge in [-0.05, 0) is 44.9 Å². The maximum Gasteiger partial charge on any atom is 0.305 e. The van der Waals surface area contributed by atoms with Crippen molar-refractivity contribution in [2.24, 2.45) is 5.92 Å². The molecule has 0 amide bonds. The largest absolute Gasteiger partial charge is 0.481 e. The van der Waals surface area contributed by atoms with Crippen LogP contribution in [0.25, 0.3) is 0 Å².